The quantitative estimate of drug-likeness (QED) is 0.0674. The number of aliphatic carboxylic acids is 1. The van der Waals surface area contributed by atoms with Gasteiger partial charge in [-0.25, -0.2) is 4.79 Å². The van der Waals surface area contributed by atoms with Crippen LogP contribution in [0.5, 0.6) is 0 Å². The minimum atomic E-state index is -1.21. The van der Waals surface area contributed by atoms with Crippen molar-refractivity contribution in [2.75, 3.05) is 37.1 Å². The Hall–Kier alpha value is -2.19. The Morgan fingerprint density at radius 1 is 0.938 bits per heavy atom. The normalized spacial score (nSPS) is 13.3. The van der Waals surface area contributed by atoms with Crippen LogP contribution in [0.1, 0.15) is 25.7 Å². The molecule has 10 N–H and O–H groups in total. The van der Waals surface area contributed by atoms with Gasteiger partial charge in [0.15, 0.2) is 5.96 Å². The maximum absolute atomic E-state index is 12.5. The summed E-state index contributed by atoms with van der Waals surface area (Å²) in [5.74, 6) is -1.63. The standard InChI is InChI=1S/C18H35N7O5S2/c1-31-8-5-11(19)15(27)25-12(6-9-32-2)16(28)23-10-14(26)24-13(17(29)30)4-3-7-22-18(20)21/h11-13H,3-10,19H2,1-2H3,(H,23,28)(H,24,26)(H,25,27)(H,29,30)(H4,20,21,22). The van der Waals surface area contributed by atoms with Gasteiger partial charge in [0.1, 0.15) is 12.1 Å². The topological polar surface area (TPSA) is 215 Å². The van der Waals surface area contributed by atoms with E-state index in [2.05, 4.69) is 20.9 Å². The summed E-state index contributed by atoms with van der Waals surface area (Å²) in [6.07, 6.45) is 5.08. The second kappa shape index (κ2) is 17.4. The molecule has 0 bridgehead atoms. The molecule has 0 saturated carbocycles. The maximum Gasteiger partial charge on any atom is 0.326 e. The molecule has 0 radical (unpaired) electrons. The third-order valence-electron chi connectivity index (χ3n) is 4.22. The Balaban J connectivity index is 4.72. The van der Waals surface area contributed by atoms with Gasteiger partial charge >= 0.3 is 5.97 Å². The SMILES string of the molecule is CSCCC(N)C(=O)NC(CCSC)C(=O)NCC(=O)NC(CCCN=C(N)N)C(=O)O. The molecular weight excluding hydrogens is 458 g/mol. The van der Waals surface area contributed by atoms with Crippen LogP contribution in [0.25, 0.3) is 0 Å². The van der Waals surface area contributed by atoms with Gasteiger partial charge in [0.25, 0.3) is 0 Å². The first kappa shape index (κ1) is 29.8. The van der Waals surface area contributed by atoms with Crippen molar-refractivity contribution in [1.82, 2.24) is 16.0 Å². The second-order valence-electron chi connectivity index (χ2n) is 6.86. The van der Waals surface area contributed by atoms with Crippen LogP contribution in [0.4, 0.5) is 0 Å². The van der Waals surface area contributed by atoms with Crippen LogP contribution < -0.4 is 33.2 Å². The largest absolute Gasteiger partial charge is 0.480 e. The summed E-state index contributed by atoms with van der Waals surface area (Å²) in [4.78, 5) is 52.0. The van der Waals surface area contributed by atoms with Crippen LogP contribution in [-0.2, 0) is 19.2 Å². The molecule has 0 fully saturated rings. The molecular formula is C18H35N7O5S2. The lowest BCUT2D eigenvalue weighted by Crippen LogP contribution is -2.53. The number of aliphatic imine (C=N–C) groups is 1. The van der Waals surface area contributed by atoms with Crippen LogP contribution in [0.15, 0.2) is 4.99 Å². The molecule has 184 valence electrons. The first-order valence-electron chi connectivity index (χ1n) is 10.0. The number of hydrogen-bond acceptors (Lipinski definition) is 8. The fourth-order valence-electron chi connectivity index (χ4n) is 2.46. The van der Waals surface area contributed by atoms with E-state index in [0.29, 0.717) is 30.8 Å². The van der Waals surface area contributed by atoms with E-state index >= 15 is 0 Å². The highest BCUT2D eigenvalue weighted by molar-refractivity contribution is 7.98. The Bertz CT molecular complexity index is 647. The number of thioether (sulfide) groups is 2. The van der Waals surface area contributed by atoms with E-state index in [9.17, 15) is 24.3 Å². The number of amides is 3. The highest BCUT2D eigenvalue weighted by Crippen LogP contribution is 2.04. The molecule has 3 unspecified atom stereocenters. The van der Waals surface area contributed by atoms with Crippen molar-refractivity contribution in [3.8, 4) is 0 Å². The molecule has 14 heteroatoms. The molecule has 0 aliphatic heterocycles. The molecule has 3 atom stereocenters. The van der Waals surface area contributed by atoms with Crippen molar-refractivity contribution in [1.29, 1.82) is 0 Å². The van der Waals surface area contributed by atoms with Crippen LogP contribution >= 0.6 is 23.5 Å². The zero-order valence-electron chi connectivity index (χ0n) is 18.5. The average Bonchev–Trinajstić information content (AvgIpc) is 2.74. The molecule has 32 heavy (non-hydrogen) atoms. The van der Waals surface area contributed by atoms with E-state index in [0.717, 1.165) is 0 Å². The van der Waals surface area contributed by atoms with E-state index in [1.54, 1.807) is 11.8 Å². The molecule has 3 amide bonds. The van der Waals surface area contributed by atoms with E-state index < -0.39 is 48.4 Å². The Labute approximate surface area is 196 Å². The number of carboxylic acid groups (broad SMARTS) is 1. The minimum Gasteiger partial charge on any atom is -0.480 e. The van der Waals surface area contributed by atoms with Gasteiger partial charge in [-0.15, -0.1) is 0 Å². The number of nitrogens with one attached hydrogen (secondary N) is 3. The van der Waals surface area contributed by atoms with Crippen LogP contribution in [0, 0.1) is 0 Å². The van der Waals surface area contributed by atoms with Gasteiger partial charge in [0, 0.05) is 6.54 Å². The van der Waals surface area contributed by atoms with Crippen molar-refractivity contribution in [3.63, 3.8) is 0 Å². The number of carbonyl (C=O) groups is 4. The van der Waals surface area contributed by atoms with Crippen LogP contribution in [-0.4, -0.2) is 90.0 Å². The number of nitrogens with zero attached hydrogens (tertiary/aromatic N) is 1. The molecule has 0 saturated heterocycles. The number of hydrogen-bond donors (Lipinski definition) is 7. The summed E-state index contributed by atoms with van der Waals surface area (Å²) in [5.41, 5.74) is 16.3. The van der Waals surface area contributed by atoms with Crippen molar-refractivity contribution in [2.24, 2.45) is 22.2 Å². The molecule has 0 spiro atoms. The average molecular weight is 494 g/mol. The molecule has 0 aromatic rings. The summed E-state index contributed by atoms with van der Waals surface area (Å²) in [7, 11) is 0. The number of carbonyl (C=O) groups excluding carboxylic acids is 3. The van der Waals surface area contributed by atoms with Gasteiger partial charge in [-0.2, -0.15) is 23.5 Å². The second-order valence-corrected chi connectivity index (χ2v) is 8.83. The summed E-state index contributed by atoms with van der Waals surface area (Å²) in [6, 6.07) is -2.72. The number of carboxylic acids is 1. The van der Waals surface area contributed by atoms with E-state index in [4.69, 9.17) is 17.2 Å². The fourth-order valence-corrected chi connectivity index (χ4v) is 3.42. The molecule has 0 aromatic heterocycles. The number of nitrogens with two attached hydrogens (primary N) is 3. The molecule has 0 rings (SSSR count). The van der Waals surface area contributed by atoms with E-state index in [1.165, 1.54) is 11.8 Å². The maximum atomic E-state index is 12.5. The predicted octanol–water partition coefficient (Wildman–Crippen LogP) is -1.96. The summed E-state index contributed by atoms with van der Waals surface area (Å²) >= 11 is 3.07. The monoisotopic (exact) mass is 493 g/mol. The van der Waals surface area contributed by atoms with Crippen LogP contribution in [0.3, 0.4) is 0 Å². The molecule has 0 aromatic carbocycles. The van der Waals surface area contributed by atoms with E-state index in [1.807, 2.05) is 12.5 Å². The lowest BCUT2D eigenvalue weighted by molar-refractivity contribution is -0.142. The van der Waals surface area contributed by atoms with Crippen molar-refractivity contribution in [2.45, 2.75) is 43.8 Å². The van der Waals surface area contributed by atoms with E-state index in [-0.39, 0.29) is 18.9 Å². The van der Waals surface area contributed by atoms with Gasteiger partial charge in [0.05, 0.1) is 12.6 Å². The highest BCUT2D eigenvalue weighted by Gasteiger charge is 2.24. The Morgan fingerprint density at radius 3 is 2.12 bits per heavy atom. The first-order chi connectivity index (χ1) is 15.1. The van der Waals surface area contributed by atoms with Gasteiger partial charge in [-0.05, 0) is 49.7 Å². The lowest BCUT2D eigenvalue weighted by Gasteiger charge is -2.21. The molecule has 0 aliphatic rings. The summed E-state index contributed by atoms with van der Waals surface area (Å²) < 4.78 is 0. The number of guanidine groups is 1. The minimum absolute atomic E-state index is 0.100. The third kappa shape index (κ3) is 14.0. The molecule has 0 heterocycles. The zero-order chi connectivity index (χ0) is 24.5. The first-order valence-corrected chi connectivity index (χ1v) is 12.8. The van der Waals surface area contributed by atoms with Gasteiger partial charge < -0.3 is 38.3 Å². The smallest absolute Gasteiger partial charge is 0.326 e. The Kier molecular flexibility index (Phi) is 16.2. The zero-order valence-corrected chi connectivity index (χ0v) is 20.1. The fraction of sp³-hybridized carbons (Fsp3) is 0.722. The molecule has 0 aliphatic carbocycles. The third-order valence-corrected chi connectivity index (χ3v) is 5.50. The van der Waals surface area contributed by atoms with Crippen LogP contribution in [0.2, 0.25) is 0 Å². The van der Waals surface area contributed by atoms with Crippen molar-refractivity contribution in [3.05, 3.63) is 0 Å². The summed E-state index contributed by atoms with van der Waals surface area (Å²) in [5, 5.41) is 16.7. The highest BCUT2D eigenvalue weighted by atomic mass is 32.2. The number of rotatable bonds is 17. The molecule has 12 nitrogen and oxygen atoms in total. The van der Waals surface area contributed by atoms with Crippen molar-refractivity contribution >= 4 is 53.2 Å². The Morgan fingerprint density at radius 2 is 1.56 bits per heavy atom. The van der Waals surface area contributed by atoms with Gasteiger partial charge in [-0.3, -0.25) is 19.4 Å². The lowest BCUT2D eigenvalue weighted by atomic mass is 10.1. The van der Waals surface area contributed by atoms with Gasteiger partial charge in [-0.1, -0.05) is 0 Å². The van der Waals surface area contributed by atoms with Gasteiger partial charge in [0.2, 0.25) is 17.7 Å². The predicted molar refractivity (Wildman–Crippen MR) is 128 cm³/mol. The van der Waals surface area contributed by atoms with Crippen molar-refractivity contribution < 1.29 is 24.3 Å². The summed E-state index contributed by atoms with van der Waals surface area (Å²) in [6.45, 7) is -0.199.